The Kier molecular flexibility index (Phi) is 4.55. The monoisotopic (exact) mass is 390 g/mol. The van der Waals surface area contributed by atoms with Crippen LogP contribution in [-0.2, 0) is 9.53 Å². The zero-order valence-corrected chi connectivity index (χ0v) is 16.8. The number of H-pyrrole nitrogens is 1. The number of benzene rings is 2. The SMILES string of the molecule is Cc1ccc([C@H]2C[C@H](Oc3ccc4[nH]cc(NC(=O)[C@@H]5CO[C@H]5C)c4c3)C2)cc1. The third-order valence-corrected chi connectivity index (χ3v) is 6.30. The summed E-state index contributed by atoms with van der Waals surface area (Å²) in [6.07, 6.45) is 4.14. The molecule has 5 rings (SSSR count). The van der Waals surface area contributed by atoms with Crippen LogP contribution in [0.1, 0.15) is 36.8 Å². The molecule has 1 saturated heterocycles. The van der Waals surface area contributed by atoms with E-state index in [0.29, 0.717) is 12.5 Å². The van der Waals surface area contributed by atoms with Crippen LogP contribution in [0.5, 0.6) is 5.75 Å². The predicted octanol–water partition coefficient (Wildman–Crippen LogP) is 4.77. The van der Waals surface area contributed by atoms with Crippen LogP contribution in [0.4, 0.5) is 5.69 Å². The number of aromatic amines is 1. The van der Waals surface area contributed by atoms with Gasteiger partial charge in [0, 0.05) is 17.1 Å². The highest BCUT2D eigenvalue weighted by atomic mass is 16.5. The number of rotatable bonds is 5. The summed E-state index contributed by atoms with van der Waals surface area (Å²) in [6.45, 7) is 4.54. The predicted molar refractivity (Wildman–Crippen MR) is 113 cm³/mol. The summed E-state index contributed by atoms with van der Waals surface area (Å²) in [5.41, 5.74) is 4.47. The van der Waals surface area contributed by atoms with Crippen LogP contribution >= 0.6 is 0 Å². The fourth-order valence-electron chi connectivity index (χ4n) is 4.14. The van der Waals surface area contributed by atoms with Gasteiger partial charge in [-0.3, -0.25) is 4.79 Å². The number of carbonyl (C=O) groups is 1. The molecule has 2 aromatic carbocycles. The Balaban J connectivity index is 1.24. The van der Waals surface area contributed by atoms with Gasteiger partial charge in [-0.1, -0.05) is 29.8 Å². The Morgan fingerprint density at radius 1 is 1.17 bits per heavy atom. The van der Waals surface area contributed by atoms with Crippen molar-refractivity contribution in [1.29, 1.82) is 0 Å². The molecule has 1 aliphatic carbocycles. The van der Waals surface area contributed by atoms with Gasteiger partial charge >= 0.3 is 0 Å². The third-order valence-electron chi connectivity index (χ3n) is 6.30. The number of hydrogen-bond donors (Lipinski definition) is 2. The molecule has 5 nitrogen and oxygen atoms in total. The highest BCUT2D eigenvalue weighted by Gasteiger charge is 2.35. The maximum atomic E-state index is 12.4. The van der Waals surface area contributed by atoms with Gasteiger partial charge in [-0.15, -0.1) is 0 Å². The van der Waals surface area contributed by atoms with E-state index in [2.05, 4.69) is 41.5 Å². The van der Waals surface area contributed by atoms with Gasteiger partial charge in [-0.05, 0) is 56.4 Å². The Labute approximate surface area is 170 Å². The molecule has 1 aliphatic heterocycles. The van der Waals surface area contributed by atoms with Gasteiger partial charge in [0.15, 0.2) is 0 Å². The maximum absolute atomic E-state index is 12.4. The van der Waals surface area contributed by atoms with Crippen LogP contribution in [0.3, 0.4) is 0 Å². The molecule has 0 radical (unpaired) electrons. The molecule has 2 N–H and O–H groups in total. The van der Waals surface area contributed by atoms with E-state index >= 15 is 0 Å². The zero-order chi connectivity index (χ0) is 20.0. The minimum Gasteiger partial charge on any atom is -0.490 e. The van der Waals surface area contributed by atoms with Crippen molar-refractivity contribution in [2.75, 3.05) is 11.9 Å². The molecule has 0 unspecified atom stereocenters. The van der Waals surface area contributed by atoms with E-state index < -0.39 is 0 Å². The van der Waals surface area contributed by atoms with Gasteiger partial charge in [-0.25, -0.2) is 0 Å². The zero-order valence-electron chi connectivity index (χ0n) is 16.8. The first-order valence-electron chi connectivity index (χ1n) is 10.3. The summed E-state index contributed by atoms with van der Waals surface area (Å²) in [5.74, 6) is 1.36. The second-order valence-corrected chi connectivity index (χ2v) is 8.36. The van der Waals surface area contributed by atoms with Gasteiger partial charge in [0.1, 0.15) is 5.75 Å². The van der Waals surface area contributed by atoms with E-state index in [1.54, 1.807) is 0 Å². The van der Waals surface area contributed by atoms with Gasteiger partial charge in [0.05, 0.1) is 30.4 Å². The van der Waals surface area contributed by atoms with E-state index in [4.69, 9.17) is 9.47 Å². The fourth-order valence-corrected chi connectivity index (χ4v) is 4.14. The summed E-state index contributed by atoms with van der Waals surface area (Å²) < 4.78 is 11.5. The van der Waals surface area contributed by atoms with E-state index in [0.717, 1.165) is 35.2 Å². The normalized spacial score (nSPS) is 25.9. The second kappa shape index (κ2) is 7.23. The Bertz CT molecular complexity index is 1030. The van der Waals surface area contributed by atoms with Gasteiger partial charge in [0.2, 0.25) is 5.91 Å². The third kappa shape index (κ3) is 3.51. The van der Waals surface area contributed by atoms with E-state index in [-0.39, 0.29) is 24.0 Å². The van der Waals surface area contributed by atoms with Crippen LogP contribution in [-0.4, -0.2) is 29.7 Å². The lowest BCUT2D eigenvalue weighted by Gasteiger charge is -2.35. The Morgan fingerprint density at radius 2 is 1.97 bits per heavy atom. The lowest BCUT2D eigenvalue weighted by Crippen LogP contribution is -2.45. The molecule has 2 aliphatic rings. The van der Waals surface area contributed by atoms with Crippen molar-refractivity contribution in [2.24, 2.45) is 5.92 Å². The minimum absolute atomic E-state index is 0.0101. The topological polar surface area (TPSA) is 63.3 Å². The van der Waals surface area contributed by atoms with Gasteiger partial charge < -0.3 is 19.8 Å². The molecule has 1 aromatic heterocycles. The molecule has 0 bridgehead atoms. The van der Waals surface area contributed by atoms with Gasteiger partial charge in [-0.2, -0.15) is 0 Å². The molecule has 2 fully saturated rings. The standard InChI is InChI=1S/C24H26N2O3/c1-14-3-5-16(6-4-14)17-9-19(10-17)29-18-7-8-22-20(11-18)23(12-25-22)26-24(27)21-13-28-15(21)2/h3-8,11-12,15,17,19,21,25H,9-10,13H2,1-2H3,(H,26,27)/t15-,17-,19-,21+/m0/s1. The summed E-state index contributed by atoms with van der Waals surface area (Å²) in [6, 6.07) is 14.8. The first kappa shape index (κ1) is 18.3. The van der Waals surface area contributed by atoms with Crippen molar-refractivity contribution < 1.29 is 14.3 Å². The van der Waals surface area contributed by atoms with Crippen molar-refractivity contribution >= 4 is 22.5 Å². The number of amides is 1. The van der Waals surface area contributed by atoms with Crippen LogP contribution in [0.25, 0.3) is 10.9 Å². The highest BCUT2D eigenvalue weighted by molar-refractivity contribution is 6.03. The average Bonchev–Trinajstić information content (AvgIpc) is 3.06. The number of ether oxygens (including phenoxy) is 2. The van der Waals surface area contributed by atoms with Crippen molar-refractivity contribution in [3.63, 3.8) is 0 Å². The molecule has 3 aromatic rings. The largest absolute Gasteiger partial charge is 0.490 e. The van der Waals surface area contributed by atoms with Crippen LogP contribution in [0, 0.1) is 12.8 Å². The second-order valence-electron chi connectivity index (χ2n) is 8.36. The van der Waals surface area contributed by atoms with E-state index in [9.17, 15) is 4.79 Å². The fraction of sp³-hybridized carbons (Fsp3) is 0.375. The Hall–Kier alpha value is -2.79. The number of aromatic nitrogens is 1. The lowest BCUT2D eigenvalue weighted by atomic mass is 9.77. The molecular formula is C24H26N2O3. The molecular weight excluding hydrogens is 364 g/mol. The molecule has 2 atom stereocenters. The summed E-state index contributed by atoms with van der Waals surface area (Å²) in [5, 5.41) is 4.00. The first-order valence-corrected chi connectivity index (χ1v) is 10.3. The van der Waals surface area contributed by atoms with Crippen molar-refractivity contribution in [3.05, 3.63) is 59.8 Å². The minimum atomic E-state index is -0.0759. The number of hydrogen-bond acceptors (Lipinski definition) is 3. The summed E-state index contributed by atoms with van der Waals surface area (Å²) >= 11 is 0. The van der Waals surface area contributed by atoms with Gasteiger partial charge in [0.25, 0.3) is 0 Å². The van der Waals surface area contributed by atoms with Crippen LogP contribution < -0.4 is 10.1 Å². The molecule has 2 heterocycles. The molecule has 150 valence electrons. The quantitative estimate of drug-likeness (QED) is 0.659. The Morgan fingerprint density at radius 3 is 2.66 bits per heavy atom. The molecule has 5 heteroatoms. The summed E-state index contributed by atoms with van der Waals surface area (Å²) in [4.78, 5) is 15.6. The first-order chi connectivity index (χ1) is 14.1. The number of nitrogens with one attached hydrogen (secondary N) is 2. The number of fused-ring (bicyclic) bond motifs is 1. The van der Waals surface area contributed by atoms with E-state index in [1.807, 2.05) is 31.3 Å². The molecule has 29 heavy (non-hydrogen) atoms. The average molecular weight is 390 g/mol. The number of aryl methyl sites for hydroxylation is 1. The van der Waals surface area contributed by atoms with Crippen molar-refractivity contribution in [1.82, 2.24) is 4.98 Å². The summed E-state index contributed by atoms with van der Waals surface area (Å²) in [7, 11) is 0. The lowest BCUT2D eigenvalue weighted by molar-refractivity contribution is -0.147. The molecule has 0 spiro atoms. The number of carbonyl (C=O) groups excluding carboxylic acids is 1. The highest BCUT2D eigenvalue weighted by Crippen LogP contribution is 2.40. The molecule has 1 amide bonds. The van der Waals surface area contributed by atoms with Crippen molar-refractivity contribution in [2.45, 2.75) is 44.8 Å². The van der Waals surface area contributed by atoms with Crippen LogP contribution in [0.2, 0.25) is 0 Å². The van der Waals surface area contributed by atoms with E-state index in [1.165, 1.54) is 11.1 Å². The molecule has 1 saturated carbocycles. The maximum Gasteiger partial charge on any atom is 0.232 e. The van der Waals surface area contributed by atoms with Crippen molar-refractivity contribution in [3.8, 4) is 5.75 Å². The smallest absolute Gasteiger partial charge is 0.232 e. The van der Waals surface area contributed by atoms with Crippen LogP contribution in [0.15, 0.2) is 48.7 Å². The number of anilines is 1.